The lowest BCUT2D eigenvalue weighted by Crippen LogP contribution is -2.25. The number of amides is 1. The van der Waals surface area contributed by atoms with Gasteiger partial charge in [-0.15, -0.1) is 13.2 Å². The molecule has 12 heteroatoms. The maximum Gasteiger partial charge on any atom is 0.573 e. The predicted molar refractivity (Wildman–Crippen MR) is 148 cm³/mol. The molecule has 43 heavy (non-hydrogen) atoms. The van der Waals surface area contributed by atoms with Crippen LogP contribution in [0.2, 0.25) is 0 Å². The van der Waals surface area contributed by atoms with Gasteiger partial charge in [0.2, 0.25) is 0 Å². The second-order valence-electron chi connectivity index (χ2n) is 9.42. The molecule has 0 spiro atoms. The Morgan fingerprint density at radius 2 is 1.35 bits per heavy atom. The molecule has 0 saturated carbocycles. The van der Waals surface area contributed by atoms with Crippen molar-refractivity contribution in [3.05, 3.63) is 108 Å². The Morgan fingerprint density at radius 3 is 1.93 bits per heavy atom. The Kier molecular flexibility index (Phi) is 9.27. The van der Waals surface area contributed by atoms with Gasteiger partial charge >= 0.3 is 18.6 Å². The number of ether oxygens (including phenoxy) is 1. The van der Waals surface area contributed by atoms with Crippen LogP contribution in [0.15, 0.2) is 91.0 Å². The summed E-state index contributed by atoms with van der Waals surface area (Å²) < 4.78 is 79.8. The Bertz CT molecular complexity index is 1570. The number of carbonyl (C=O) groups excluding carboxylic acids is 1. The normalized spacial score (nSPS) is 11.6. The molecule has 4 aromatic carbocycles. The van der Waals surface area contributed by atoms with E-state index in [4.69, 9.17) is 5.11 Å². The van der Waals surface area contributed by atoms with Crippen molar-refractivity contribution in [2.45, 2.75) is 25.5 Å². The molecule has 0 aliphatic rings. The van der Waals surface area contributed by atoms with Gasteiger partial charge in [-0.1, -0.05) is 54.6 Å². The van der Waals surface area contributed by atoms with E-state index in [1.807, 2.05) is 6.07 Å². The fraction of sp³-hybridized carbons (Fsp3) is 0.161. The number of carboxylic acids is 1. The van der Waals surface area contributed by atoms with E-state index in [-0.39, 0.29) is 24.4 Å². The highest BCUT2D eigenvalue weighted by Crippen LogP contribution is 2.33. The van der Waals surface area contributed by atoms with Crippen LogP contribution < -0.4 is 15.4 Å². The minimum absolute atomic E-state index is 0.0212. The second-order valence-corrected chi connectivity index (χ2v) is 9.42. The zero-order chi connectivity index (χ0) is 31.2. The van der Waals surface area contributed by atoms with Crippen molar-refractivity contribution in [2.75, 3.05) is 11.9 Å². The smallest absolute Gasteiger partial charge is 0.481 e. The highest BCUT2D eigenvalue weighted by molar-refractivity contribution is 5.94. The number of carboxylic acid groups (broad SMARTS) is 1. The Hall–Kier alpha value is -5.00. The van der Waals surface area contributed by atoms with E-state index in [2.05, 4.69) is 10.1 Å². The number of halogens is 6. The summed E-state index contributed by atoms with van der Waals surface area (Å²) in [5, 5.41) is 12.7. The summed E-state index contributed by atoms with van der Waals surface area (Å²) in [7, 11) is 0. The molecule has 0 aliphatic heterocycles. The minimum Gasteiger partial charge on any atom is -0.481 e. The quantitative estimate of drug-likeness (QED) is 0.128. The summed E-state index contributed by atoms with van der Waals surface area (Å²) in [4.78, 5) is 23.0. The topological polar surface area (TPSA) is 87.7 Å². The zero-order valence-electron chi connectivity index (χ0n) is 22.2. The second kappa shape index (κ2) is 12.9. The summed E-state index contributed by atoms with van der Waals surface area (Å²) in [5.41, 5.74) is 4.41. The lowest BCUT2D eigenvalue weighted by atomic mass is 9.91. The molecule has 0 radical (unpaired) electrons. The average molecular weight is 603 g/mol. The maximum atomic E-state index is 12.7. The van der Waals surface area contributed by atoms with Crippen LogP contribution in [0.3, 0.4) is 0 Å². The van der Waals surface area contributed by atoms with Gasteiger partial charge in [0.25, 0.3) is 5.91 Å². The Balaban J connectivity index is 1.63. The first-order valence-electron chi connectivity index (χ1n) is 12.8. The van der Waals surface area contributed by atoms with E-state index < -0.39 is 24.5 Å². The van der Waals surface area contributed by atoms with Gasteiger partial charge in [0.15, 0.2) is 0 Å². The highest BCUT2D eigenvalue weighted by atomic mass is 19.4. The number of aliphatic carboxylic acids is 1. The summed E-state index contributed by atoms with van der Waals surface area (Å²) in [6.07, 6.45) is -9.28. The van der Waals surface area contributed by atoms with Gasteiger partial charge in [0, 0.05) is 17.8 Å². The van der Waals surface area contributed by atoms with Gasteiger partial charge in [-0.2, -0.15) is 13.2 Å². The van der Waals surface area contributed by atoms with E-state index in [9.17, 15) is 35.9 Å². The van der Waals surface area contributed by atoms with Crippen LogP contribution in [-0.2, 0) is 11.2 Å². The minimum atomic E-state index is -4.82. The molecule has 4 rings (SSSR count). The summed E-state index contributed by atoms with van der Waals surface area (Å²) >= 11 is 0. The molecular weight excluding hydrogens is 578 g/mol. The average Bonchev–Trinajstić information content (AvgIpc) is 2.92. The van der Waals surface area contributed by atoms with Crippen molar-refractivity contribution in [3.63, 3.8) is 0 Å². The number of rotatable bonds is 10. The Labute approximate surface area is 241 Å². The third-order valence-electron chi connectivity index (χ3n) is 6.24. The van der Waals surface area contributed by atoms with Crippen LogP contribution in [0.5, 0.6) is 5.75 Å². The van der Waals surface area contributed by atoms with Crippen LogP contribution in [0.25, 0.3) is 22.3 Å². The molecule has 4 aromatic rings. The fourth-order valence-electron chi connectivity index (χ4n) is 4.33. The highest BCUT2D eigenvalue weighted by Gasteiger charge is 2.31. The number of benzene rings is 4. The van der Waals surface area contributed by atoms with Gasteiger partial charge in [0.1, 0.15) is 5.75 Å². The monoisotopic (exact) mass is 602 g/mol. The van der Waals surface area contributed by atoms with Crippen LogP contribution in [0, 0.1) is 0 Å². The molecule has 0 aliphatic carbocycles. The van der Waals surface area contributed by atoms with E-state index in [1.54, 1.807) is 48.5 Å². The molecule has 0 atom stereocenters. The lowest BCUT2D eigenvalue weighted by Gasteiger charge is -2.15. The van der Waals surface area contributed by atoms with E-state index >= 15 is 0 Å². The van der Waals surface area contributed by atoms with E-state index in [1.165, 1.54) is 41.7 Å². The summed E-state index contributed by atoms with van der Waals surface area (Å²) in [6, 6.07) is 23.0. The van der Waals surface area contributed by atoms with Gasteiger partial charge in [-0.25, -0.2) is 0 Å². The van der Waals surface area contributed by atoms with Crippen molar-refractivity contribution in [2.24, 2.45) is 0 Å². The Morgan fingerprint density at radius 1 is 0.744 bits per heavy atom. The van der Waals surface area contributed by atoms with Crippen molar-refractivity contribution in [1.29, 1.82) is 0 Å². The number of anilines is 1. The van der Waals surface area contributed by atoms with E-state index in [0.29, 0.717) is 28.7 Å². The largest absolute Gasteiger partial charge is 0.573 e. The molecular formula is C31H24F6N2O4. The fourth-order valence-corrected chi connectivity index (χ4v) is 4.33. The molecule has 0 aromatic heterocycles. The molecule has 3 N–H and O–H groups in total. The van der Waals surface area contributed by atoms with Gasteiger partial charge in [-0.3, -0.25) is 14.9 Å². The molecule has 6 nitrogen and oxygen atoms in total. The van der Waals surface area contributed by atoms with Crippen LogP contribution in [0.4, 0.5) is 32.0 Å². The standard InChI is InChI=1S/C31H24F6N2O4/c32-30(33,34)39-25-10-5-21(6-11-25)27-14-9-23(20-7-12-26(13-8-20)43-31(35,36)37)18-24(27)17-19-1-3-22(4-2-19)29(42)38-16-15-28(40)41/h1-14,18,39H,15-17H2,(H,38,42)(H,40,41). The van der Waals surface area contributed by atoms with Gasteiger partial charge < -0.3 is 15.2 Å². The first-order valence-corrected chi connectivity index (χ1v) is 12.8. The van der Waals surface area contributed by atoms with E-state index in [0.717, 1.165) is 16.7 Å². The molecule has 0 fully saturated rings. The number of nitrogens with one attached hydrogen (secondary N) is 2. The molecule has 0 heterocycles. The first kappa shape index (κ1) is 30.9. The number of alkyl halides is 6. The molecule has 0 bridgehead atoms. The number of hydrogen-bond acceptors (Lipinski definition) is 4. The zero-order valence-corrected chi connectivity index (χ0v) is 22.2. The van der Waals surface area contributed by atoms with Crippen molar-refractivity contribution >= 4 is 17.6 Å². The predicted octanol–water partition coefficient (Wildman–Crippen LogP) is 7.65. The lowest BCUT2D eigenvalue weighted by molar-refractivity contribution is -0.274. The van der Waals surface area contributed by atoms with Crippen molar-refractivity contribution in [1.82, 2.24) is 5.32 Å². The first-order chi connectivity index (χ1) is 20.3. The maximum absolute atomic E-state index is 12.7. The molecule has 224 valence electrons. The number of carbonyl (C=O) groups is 2. The summed E-state index contributed by atoms with van der Waals surface area (Å²) in [6.45, 7) is -0.0212. The SMILES string of the molecule is O=C(O)CCNC(=O)c1ccc(Cc2cc(-c3ccc(OC(F)(F)F)cc3)ccc2-c2ccc(NC(F)(F)F)cc2)cc1. The third kappa shape index (κ3) is 9.25. The van der Waals surface area contributed by atoms with Crippen molar-refractivity contribution in [3.8, 4) is 28.0 Å². The van der Waals surface area contributed by atoms with Gasteiger partial charge in [-0.05, 0) is 76.2 Å². The summed E-state index contributed by atoms with van der Waals surface area (Å²) in [5.74, 6) is -1.83. The number of hydrogen-bond donors (Lipinski definition) is 3. The van der Waals surface area contributed by atoms with Crippen molar-refractivity contribution < 1.29 is 45.8 Å². The molecule has 1 amide bonds. The molecule has 0 saturated heterocycles. The third-order valence-corrected chi connectivity index (χ3v) is 6.24. The molecule has 0 unspecified atom stereocenters. The van der Waals surface area contributed by atoms with Crippen LogP contribution in [0.1, 0.15) is 27.9 Å². The van der Waals surface area contributed by atoms with Crippen LogP contribution >= 0.6 is 0 Å². The van der Waals surface area contributed by atoms with Crippen LogP contribution in [-0.4, -0.2) is 36.2 Å². The van der Waals surface area contributed by atoms with Gasteiger partial charge in [0.05, 0.1) is 6.42 Å².